The number of amides is 1. The van der Waals surface area contributed by atoms with Gasteiger partial charge in [-0.25, -0.2) is 13.2 Å². The van der Waals surface area contributed by atoms with Gasteiger partial charge >= 0.3 is 5.97 Å². The molecule has 1 amide bonds. The molecule has 0 spiro atoms. The Morgan fingerprint density at radius 1 is 1.15 bits per heavy atom. The lowest BCUT2D eigenvalue weighted by Crippen LogP contribution is -2.50. The average molecular weight is 429 g/mol. The van der Waals surface area contributed by atoms with Gasteiger partial charge in [0.05, 0.1) is 23.3 Å². The number of carbonyl (C=O) groups is 2. The van der Waals surface area contributed by atoms with E-state index in [1.54, 1.807) is 29.2 Å². The van der Waals surface area contributed by atoms with Gasteiger partial charge in [0, 0.05) is 31.6 Å². The first-order chi connectivity index (χ1) is 12.8. The number of piperazine rings is 1. The molecule has 0 N–H and O–H groups in total. The molecule has 3 rings (SSSR count). The first kappa shape index (κ1) is 19.8. The van der Waals surface area contributed by atoms with Gasteiger partial charge in [0.1, 0.15) is 4.21 Å². The molecule has 0 saturated carbocycles. The molecule has 2 heterocycles. The van der Waals surface area contributed by atoms with E-state index >= 15 is 0 Å². The second-order valence-electron chi connectivity index (χ2n) is 5.82. The zero-order valence-corrected chi connectivity index (χ0v) is 16.8. The van der Waals surface area contributed by atoms with Crippen molar-refractivity contribution in [2.24, 2.45) is 0 Å². The number of sulfonamides is 1. The molecule has 144 valence electrons. The third-order valence-corrected chi connectivity index (χ3v) is 7.86. The molecule has 0 bridgehead atoms. The summed E-state index contributed by atoms with van der Waals surface area (Å²) in [5, 5.41) is 1.82. The highest BCUT2D eigenvalue weighted by atomic mass is 35.5. The summed E-state index contributed by atoms with van der Waals surface area (Å²) in [5.41, 5.74) is 0.602. The van der Waals surface area contributed by atoms with Gasteiger partial charge in [-0.3, -0.25) is 4.79 Å². The van der Waals surface area contributed by atoms with Crippen LogP contribution in [0.4, 0.5) is 0 Å². The summed E-state index contributed by atoms with van der Waals surface area (Å²) < 4.78 is 31.5. The highest BCUT2D eigenvalue weighted by molar-refractivity contribution is 7.91. The van der Waals surface area contributed by atoms with Gasteiger partial charge < -0.3 is 9.64 Å². The first-order valence-corrected chi connectivity index (χ1v) is 10.7. The van der Waals surface area contributed by atoms with Crippen molar-refractivity contribution < 1.29 is 22.7 Å². The van der Waals surface area contributed by atoms with Crippen molar-refractivity contribution in [3.05, 3.63) is 51.9 Å². The average Bonchev–Trinajstić information content (AvgIpc) is 3.18. The number of ether oxygens (including phenoxy) is 1. The Hall–Kier alpha value is -1.94. The largest absolute Gasteiger partial charge is 0.465 e. The Labute approximate surface area is 166 Å². The molecule has 0 radical (unpaired) electrons. The normalized spacial score (nSPS) is 15.6. The summed E-state index contributed by atoms with van der Waals surface area (Å²) in [7, 11) is -2.49. The van der Waals surface area contributed by atoms with Crippen LogP contribution >= 0.6 is 22.9 Å². The van der Waals surface area contributed by atoms with E-state index < -0.39 is 16.0 Å². The lowest BCUT2D eigenvalue weighted by molar-refractivity contribution is 0.0600. The summed E-state index contributed by atoms with van der Waals surface area (Å²) in [4.78, 5) is 25.7. The molecule has 1 saturated heterocycles. The fourth-order valence-corrected chi connectivity index (χ4v) is 5.68. The molecule has 1 aromatic heterocycles. The van der Waals surface area contributed by atoms with Crippen LogP contribution in [0.2, 0.25) is 5.02 Å². The summed E-state index contributed by atoms with van der Waals surface area (Å²) in [6, 6.07) is 8.08. The topological polar surface area (TPSA) is 84.0 Å². The lowest BCUT2D eigenvalue weighted by Gasteiger charge is -2.33. The second-order valence-corrected chi connectivity index (χ2v) is 9.31. The van der Waals surface area contributed by atoms with Crippen LogP contribution in [0.1, 0.15) is 20.7 Å². The molecule has 1 aliphatic rings. The minimum atomic E-state index is -3.72. The van der Waals surface area contributed by atoms with Crippen LogP contribution in [0.25, 0.3) is 0 Å². The van der Waals surface area contributed by atoms with Gasteiger partial charge in [0.2, 0.25) is 0 Å². The smallest absolute Gasteiger partial charge is 0.338 e. The van der Waals surface area contributed by atoms with Gasteiger partial charge in [0.25, 0.3) is 15.9 Å². The molecule has 2 aromatic rings. The third-order valence-electron chi connectivity index (χ3n) is 4.22. The molecule has 1 aromatic carbocycles. The van der Waals surface area contributed by atoms with Gasteiger partial charge in [-0.15, -0.1) is 11.3 Å². The Morgan fingerprint density at radius 3 is 2.44 bits per heavy atom. The number of methoxy groups -OCH3 is 1. The van der Waals surface area contributed by atoms with Crippen LogP contribution in [0, 0.1) is 0 Å². The molecule has 1 aliphatic heterocycles. The van der Waals surface area contributed by atoms with Crippen molar-refractivity contribution in [2.45, 2.75) is 4.21 Å². The number of nitrogens with zero attached hydrogens (tertiary/aromatic N) is 2. The summed E-state index contributed by atoms with van der Waals surface area (Å²) in [6.07, 6.45) is 0. The Bertz CT molecular complexity index is 965. The van der Waals surface area contributed by atoms with Gasteiger partial charge in [-0.1, -0.05) is 23.7 Å². The maximum absolute atomic E-state index is 12.8. The van der Waals surface area contributed by atoms with Crippen LogP contribution in [0.5, 0.6) is 0 Å². The van der Waals surface area contributed by atoms with Crippen LogP contribution in [0.3, 0.4) is 0 Å². The number of esters is 1. The van der Waals surface area contributed by atoms with Gasteiger partial charge in [-0.05, 0) is 18.2 Å². The third kappa shape index (κ3) is 4.01. The van der Waals surface area contributed by atoms with E-state index in [4.69, 9.17) is 11.6 Å². The highest BCUT2D eigenvalue weighted by Gasteiger charge is 2.32. The maximum Gasteiger partial charge on any atom is 0.338 e. The Morgan fingerprint density at radius 2 is 1.81 bits per heavy atom. The van der Waals surface area contributed by atoms with E-state index in [1.807, 2.05) is 0 Å². The minimum Gasteiger partial charge on any atom is -0.465 e. The molecule has 27 heavy (non-hydrogen) atoms. The van der Waals surface area contributed by atoms with Crippen LogP contribution < -0.4 is 0 Å². The van der Waals surface area contributed by atoms with Crippen LogP contribution in [-0.4, -0.2) is 62.8 Å². The summed E-state index contributed by atoms with van der Waals surface area (Å²) in [6.45, 7) is 0.866. The summed E-state index contributed by atoms with van der Waals surface area (Å²) >= 11 is 7.04. The fourth-order valence-electron chi connectivity index (χ4n) is 2.74. The van der Waals surface area contributed by atoms with Crippen molar-refractivity contribution in [2.75, 3.05) is 33.3 Å². The van der Waals surface area contributed by atoms with Gasteiger partial charge in [-0.2, -0.15) is 4.31 Å². The van der Waals surface area contributed by atoms with E-state index in [0.717, 1.165) is 11.3 Å². The number of benzene rings is 1. The number of halogens is 1. The SMILES string of the molecule is COC(=O)c1csc(S(=O)(=O)N2CCN(C(=O)c3ccccc3Cl)CC2)c1. The molecule has 1 fully saturated rings. The number of hydrogen-bond donors (Lipinski definition) is 0. The number of thiophene rings is 1. The Kier molecular flexibility index (Phi) is 5.85. The predicted molar refractivity (Wildman–Crippen MR) is 102 cm³/mol. The molecule has 7 nitrogen and oxygen atoms in total. The predicted octanol–water partition coefficient (Wildman–Crippen LogP) is 2.33. The minimum absolute atomic E-state index is 0.0776. The van der Waals surface area contributed by atoms with E-state index in [2.05, 4.69) is 4.74 Å². The molecule has 0 atom stereocenters. The number of hydrogen-bond acceptors (Lipinski definition) is 6. The van der Waals surface area contributed by atoms with E-state index in [-0.39, 0.29) is 41.9 Å². The molecule has 10 heteroatoms. The first-order valence-electron chi connectivity index (χ1n) is 8.05. The molecule has 0 aliphatic carbocycles. The molecular formula is C17H17ClN2O5S2. The van der Waals surface area contributed by atoms with Crippen LogP contribution in [0.15, 0.2) is 39.9 Å². The number of carbonyl (C=O) groups excluding carboxylic acids is 2. The summed E-state index contributed by atoms with van der Waals surface area (Å²) in [5.74, 6) is -0.801. The van der Waals surface area contributed by atoms with Crippen LogP contribution in [-0.2, 0) is 14.8 Å². The fraction of sp³-hybridized carbons (Fsp3) is 0.294. The zero-order chi connectivity index (χ0) is 19.6. The lowest BCUT2D eigenvalue weighted by atomic mass is 10.2. The second kappa shape index (κ2) is 7.97. The Balaban J connectivity index is 1.69. The zero-order valence-electron chi connectivity index (χ0n) is 14.4. The van der Waals surface area contributed by atoms with Crippen molar-refractivity contribution in [3.8, 4) is 0 Å². The van der Waals surface area contributed by atoms with Crippen molar-refractivity contribution in [3.63, 3.8) is 0 Å². The highest BCUT2D eigenvalue weighted by Crippen LogP contribution is 2.26. The van der Waals surface area contributed by atoms with Crippen molar-refractivity contribution in [1.82, 2.24) is 9.21 Å². The quantitative estimate of drug-likeness (QED) is 0.698. The van der Waals surface area contributed by atoms with E-state index in [1.165, 1.54) is 22.9 Å². The van der Waals surface area contributed by atoms with Crippen molar-refractivity contribution in [1.29, 1.82) is 0 Å². The van der Waals surface area contributed by atoms with Gasteiger partial charge in [0.15, 0.2) is 0 Å². The van der Waals surface area contributed by atoms with Crippen molar-refractivity contribution >= 4 is 44.8 Å². The monoisotopic (exact) mass is 428 g/mol. The standard InChI is InChI=1S/C17H17ClN2O5S2/c1-25-17(22)12-10-15(26-11-12)27(23,24)20-8-6-19(7-9-20)16(21)13-4-2-3-5-14(13)18/h2-5,10-11H,6-9H2,1H3. The van der Waals surface area contributed by atoms with E-state index in [9.17, 15) is 18.0 Å². The maximum atomic E-state index is 12.8. The van der Waals surface area contributed by atoms with E-state index in [0.29, 0.717) is 10.6 Å². The molecule has 0 unspecified atom stereocenters. The molecular weight excluding hydrogens is 412 g/mol. The number of rotatable bonds is 4.